The van der Waals surface area contributed by atoms with Gasteiger partial charge < -0.3 is 30.6 Å². The van der Waals surface area contributed by atoms with Crippen LogP contribution in [0.4, 0.5) is 0 Å². The highest BCUT2D eigenvalue weighted by Crippen LogP contribution is 2.57. The summed E-state index contributed by atoms with van der Waals surface area (Å²) in [6.45, 7) is 2.32. The van der Waals surface area contributed by atoms with E-state index >= 15 is 0 Å². The van der Waals surface area contributed by atoms with Crippen LogP contribution in [0.2, 0.25) is 0 Å². The minimum atomic E-state index is -2.75. The van der Waals surface area contributed by atoms with E-state index < -0.39 is 81.6 Å². The first-order valence-corrected chi connectivity index (χ1v) is 10.5. The zero-order valence-corrected chi connectivity index (χ0v) is 18.6. The summed E-state index contributed by atoms with van der Waals surface area (Å²) in [5, 5.41) is 67.1. The maximum absolute atomic E-state index is 13.4. The number of aliphatic hydroxyl groups is 5. The fourth-order valence-electron chi connectivity index (χ4n) is 6.17. The minimum absolute atomic E-state index is 0.0261. The van der Waals surface area contributed by atoms with Crippen molar-refractivity contribution in [3.05, 3.63) is 40.7 Å². The summed E-state index contributed by atoms with van der Waals surface area (Å²) < 4.78 is 0. The molecule has 0 radical (unpaired) electrons. The van der Waals surface area contributed by atoms with Crippen molar-refractivity contribution in [2.75, 3.05) is 14.1 Å². The molecule has 4 unspecified atom stereocenters. The second-order valence-electron chi connectivity index (χ2n) is 9.60. The molecule has 3 aliphatic rings. The van der Waals surface area contributed by atoms with Gasteiger partial charge in [0.1, 0.15) is 23.2 Å². The second kappa shape index (κ2) is 7.18. The Morgan fingerprint density at radius 3 is 2.18 bits per heavy atom. The van der Waals surface area contributed by atoms with Crippen molar-refractivity contribution in [2.45, 2.75) is 43.3 Å². The molecule has 0 saturated heterocycles. The lowest BCUT2D eigenvalue weighted by atomic mass is 9.49. The van der Waals surface area contributed by atoms with Gasteiger partial charge in [-0.05, 0) is 39.6 Å². The van der Waals surface area contributed by atoms with Gasteiger partial charge in [-0.25, -0.2) is 0 Å². The third-order valence-electron chi connectivity index (χ3n) is 7.59. The molecule has 6 N–H and O–H groups in total. The second-order valence-corrected chi connectivity index (χ2v) is 9.60. The van der Waals surface area contributed by atoms with E-state index in [9.17, 15) is 45.0 Å². The van der Waals surface area contributed by atoms with E-state index in [1.54, 1.807) is 0 Å². The molecule has 0 bridgehead atoms. The van der Waals surface area contributed by atoms with Crippen molar-refractivity contribution in [1.29, 1.82) is 0 Å². The zero-order chi connectivity index (χ0) is 24.8. The Morgan fingerprint density at radius 1 is 1.03 bits per heavy atom. The molecule has 0 spiro atoms. The number of nitrogens with zero attached hydrogens (tertiary/aromatic N) is 1. The number of phenols is 1. The molecule has 1 saturated carbocycles. The number of benzene rings is 1. The standard InChI is InChI=1S/C23H27NO9/c1-8(25)11-18(28)16(24(3)4)15-19(29)14-13(21(31)23(15,33)20(11)30)17(27)12-9(22(14,2)32)6-5-7-10(12)26/h5-7,13-16,19,21,26,29-33H,1-4H3/t13?,14-,15?,16+,19?,21?,22-,23-/m1/s1. The van der Waals surface area contributed by atoms with Crippen LogP contribution in [-0.4, -0.2) is 90.8 Å². The van der Waals surface area contributed by atoms with E-state index in [-0.39, 0.29) is 11.1 Å². The van der Waals surface area contributed by atoms with E-state index in [0.29, 0.717) is 0 Å². The highest BCUT2D eigenvalue weighted by Gasteiger charge is 2.71. The predicted molar refractivity (Wildman–Crippen MR) is 112 cm³/mol. The number of hydrogen-bond acceptors (Lipinski definition) is 10. The Hall–Kier alpha value is -2.63. The summed E-state index contributed by atoms with van der Waals surface area (Å²) in [6, 6.07) is 2.69. The van der Waals surface area contributed by atoms with E-state index in [1.165, 1.54) is 44.1 Å². The summed E-state index contributed by atoms with van der Waals surface area (Å²) in [4.78, 5) is 40.1. The fourth-order valence-corrected chi connectivity index (χ4v) is 6.17. The number of ketones is 3. The molecule has 10 heteroatoms. The Balaban J connectivity index is 2.04. The molecule has 8 atom stereocenters. The van der Waals surface area contributed by atoms with Gasteiger partial charge in [0.15, 0.2) is 23.0 Å². The van der Waals surface area contributed by atoms with Crippen molar-refractivity contribution in [2.24, 2.45) is 17.8 Å². The molecular weight excluding hydrogens is 434 g/mol. The molecule has 0 aliphatic heterocycles. The van der Waals surface area contributed by atoms with Gasteiger partial charge in [0.25, 0.3) is 0 Å². The Bertz CT molecular complexity index is 1110. The average Bonchev–Trinajstić information content (AvgIpc) is 2.70. The average molecular weight is 461 g/mol. The summed E-state index contributed by atoms with van der Waals surface area (Å²) in [7, 11) is 2.93. The first-order chi connectivity index (χ1) is 15.2. The third kappa shape index (κ3) is 2.75. The lowest BCUT2D eigenvalue weighted by molar-refractivity contribution is -0.245. The molecular formula is C23H27NO9. The molecule has 0 heterocycles. The first-order valence-electron chi connectivity index (χ1n) is 10.5. The van der Waals surface area contributed by atoms with Crippen LogP contribution in [0.15, 0.2) is 29.5 Å². The summed E-state index contributed by atoms with van der Waals surface area (Å²) in [5.74, 6) is -8.80. The van der Waals surface area contributed by atoms with Crippen molar-refractivity contribution < 1.29 is 45.0 Å². The van der Waals surface area contributed by atoms with E-state index in [0.717, 1.165) is 6.92 Å². The van der Waals surface area contributed by atoms with E-state index in [4.69, 9.17) is 0 Å². The van der Waals surface area contributed by atoms with Crippen molar-refractivity contribution in [1.82, 2.24) is 4.90 Å². The first kappa shape index (κ1) is 23.5. The molecule has 10 nitrogen and oxygen atoms in total. The van der Waals surface area contributed by atoms with Crippen LogP contribution >= 0.6 is 0 Å². The zero-order valence-electron chi connectivity index (χ0n) is 18.6. The minimum Gasteiger partial charge on any atom is -0.508 e. The number of hydrogen-bond donors (Lipinski definition) is 6. The number of phenolic OH excluding ortho intramolecular Hbond substituents is 1. The normalized spacial score (nSPS) is 40.4. The molecule has 1 aromatic rings. The fraction of sp³-hybridized carbons (Fsp3) is 0.522. The van der Waals surface area contributed by atoms with Gasteiger partial charge in [0.2, 0.25) is 0 Å². The third-order valence-corrected chi connectivity index (χ3v) is 7.59. The topological polar surface area (TPSA) is 176 Å². The van der Waals surface area contributed by atoms with Crippen LogP contribution in [0.5, 0.6) is 5.75 Å². The predicted octanol–water partition coefficient (Wildman–Crippen LogP) is -0.975. The van der Waals surface area contributed by atoms with Crippen molar-refractivity contribution in [3.8, 4) is 5.75 Å². The van der Waals surface area contributed by atoms with Crippen LogP contribution in [0.3, 0.4) is 0 Å². The molecule has 178 valence electrons. The molecule has 1 fully saturated rings. The Kier molecular flexibility index (Phi) is 5.12. The van der Waals surface area contributed by atoms with Gasteiger partial charge in [0.05, 0.1) is 29.2 Å². The smallest absolute Gasteiger partial charge is 0.187 e. The maximum atomic E-state index is 13.4. The number of aliphatic hydroxyl groups excluding tert-OH is 3. The molecule has 0 amide bonds. The molecule has 0 aromatic heterocycles. The van der Waals surface area contributed by atoms with Gasteiger partial charge in [-0.15, -0.1) is 0 Å². The monoisotopic (exact) mass is 461 g/mol. The van der Waals surface area contributed by atoms with Gasteiger partial charge in [0, 0.05) is 11.8 Å². The van der Waals surface area contributed by atoms with E-state index in [2.05, 4.69) is 0 Å². The van der Waals surface area contributed by atoms with Crippen molar-refractivity contribution in [3.63, 3.8) is 0 Å². The maximum Gasteiger partial charge on any atom is 0.187 e. The number of Topliss-reactive ketones (excluding diaryl/α,β-unsaturated/α-hetero) is 3. The number of carbonyl (C=O) groups excluding carboxylic acids is 3. The van der Waals surface area contributed by atoms with Gasteiger partial charge in [-0.3, -0.25) is 19.3 Å². The molecule has 4 rings (SSSR count). The quantitative estimate of drug-likeness (QED) is 0.300. The largest absolute Gasteiger partial charge is 0.508 e. The molecule has 33 heavy (non-hydrogen) atoms. The van der Waals surface area contributed by atoms with Crippen LogP contribution < -0.4 is 0 Å². The number of rotatable bonds is 2. The van der Waals surface area contributed by atoms with Crippen LogP contribution in [0.25, 0.3) is 0 Å². The number of likely N-dealkylation sites (N-methyl/N-ethyl adjacent to an activating group) is 1. The SMILES string of the molecule is CC(=O)C1=C(O)[C@@]2(O)C(O)C3C(=O)c4c(O)cccc4[C@@](C)(O)[C@H]3C(O)C2[C@H](N(C)C)C1=O. The lowest BCUT2D eigenvalue weighted by Gasteiger charge is -2.60. The number of fused-ring (bicyclic) bond motifs is 3. The Morgan fingerprint density at radius 2 is 1.64 bits per heavy atom. The highest BCUT2D eigenvalue weighted by atomic mass is 16.4. The Labute approximate surface area is 189 Å². The van der Waals surface area contributed by atoms with Gasteiger partial charge >= 0.3 is 0 Å². The number of aromatic hydroxyl groups is 1. The van der Waals surface area contributed by atoms with Crippen LogP contribution in [-0.2, 0) is 15.2 Å². The summed E-state index contributed by atoms with van der Waals surface area (Å²) in [5.41, 5.74) is -5.69. The lowest BCUT2D eigenvalue weighted by Crippen LogP contribution is -2.75. The summed E-state index contributed by atoms with van der Waals surface area (Å²) >= 11 is 0. The van der Waals surface area contributed by atoms with Crippen molar-refractivity contribution >= 4 is 17.3 Å². The highest BCUT2D eigenvalue weighted by molar-refractivity contribution is 6.22. The summed E-state index contributed by atoms with van der Waals surface area (Å²) in [6.07, 6.45) is -3.89. The number of carbonyl (C=O) groups is 3. The van der Waals surface area contributed by atoms with Gasteiger partial charge in [-0.1, -0.05) is 12.1 Å². The van der Waals surface area contributed by atoms with E-state index in [1.807, 2.05) is 0 Å². The molecule has 3 aliphatic carbocycles. The van der Waals surface area contributed by atoms with Crippen LogP contribution in [0, 0.1) is 17.8 Å². The van der Waals surface area contributed by atoms with Gasteiger partial charge in [-0.2, -0.15) is 0 Å². The molecule has 1 aromatic carbocycles. The van der Waals surface area contributed by atoms with Crippen LogP contribution in [0.1, 0.15) is 29.8 Å².